The average Bonchev–Trinajstić information content (AvgIpc) is 2.62. The van der Waals surface area contributed by atoms with Gasteiger partial charge in [0.05, 0.1) is 6.61 Å². The van der Waals surface area contributed by atoms with Crippen molar-refractivity contribution in [3.05, 3.63) is 47.0 Å². The second-order valence-electron chi connectivity index (χ2n) is 3.85. The van der Waals surface area contributed by atoms with Gasteiger partial charge in [-0.15, -0.1) is 0 Å². The Morgan fingerprint density at radius 1 is 1.40 bits per heavy atom. The molecular weight excluding hydrogens is 275 g/mol. The lowest BCUT2D eigenvalue weighted by molar-refractivity contribution is 0.0231. The highest BCUT2D eigenvalue weighted by Gasteiger charge is 2.37. The highest BCUT2D eigenvalue weighted by atomic mass is 79.9. The first-order valence-electron chi connectivity index (χ1n) is 4.79. The number of hydrogen-bond acceptors (Lipinski definition) is 1. The molecule has 1 aliphatic heterocycles. The van der Waals surface area contributed by atoms with Gasteiger partial charge < -0.3 is 4.74 Å². The van der Waals surface area contributed by atoms with E-state index in [4.69, 9.17) is 16.3 Å². The summed E-state index contributed by atoms with van der Waals surface area (Å²) in [5.41, 5.74) is 2.05. The monoisotopic (exact) mass is 286 g/mol. The zero-order valence-corrected chi connectivity index (χ0v) is 10.6. The molecule has 1 aliphatic rings. The van der Waals surface area contributed by atoms with E-state index in [0.29, 0.717) is 6.61 Å². The first-order valence-corrected chi connectivity index (χ1v) is 6.29. The van der Waals surface area contributed by atoms with Gasteiger partial charge in [0.2, 0.25) is 0 Å². The van der Waals surface area contributed by atoms with Crippen LogP contribution in [0.5, 0.6) is 0 Å². The molecule has 0 spiro atoms. The Balaban J connectivity index is 2.34. The standard InChI is InChI=1S/C12H12BrClO/c1-9-6-12(8-13,15-7-9)10-2-4-11(14)5-3-10/h2-5H,1,6-8H2. The summed E-state index contributed by atoms with van der Waals surface area (Å²) in [6.45, 7) is 4.62. The zero-order chi connectivity index (χ0) is 10.9. The predicted molar refractivity (Wildman–Crippen MR) is 66.6 cm³/mol. The van der Waals surface area contributed by atoms with Crippen LogP contribution in [0.2, 0.25) is 5.02 Å². The van der Waals surface area contributed by atoms with Gasteiger partial charge in [-0.05, 0) is 23.3 Å². The Morgan fingerprint density at radius 2 is 2.07 bits per heavy atom. The molecule has 0 N–H and O–H groups in total. The highest BCUT2D eigenvalue weighted by Crippen LogP contribution is 2.39. The summed E-state index contributed by atoms with van der Waals surface area (Å²) >= 11 is 9.38. The molecule has 0 radical (unpaired) electrons. The number of benzene rings is 1. The molecule has 15 heavy (non-hydrogen) atoms. The largest absolute Gasteiger partial charge is 0.365 e. The molecule has 1 atom stereocenters. The van der Waals surface area contributed by atoms with Crippen LogP contribution in [0.25, 0.3) is 0 Å². The van der Waals surface area contributed by atoms with Crippen LogP contribution >= 0.6 is 27.5 Å². The minimum Gasteiger partial charge on any atom is -0.365 e. The molecule has 1 aromatic rings. The molecule has 1 unspecified atom stereocenters. The topological polar surface area (TPSA) is 9.23 Å². The Bertz CT molecular complexity index is 374. The van der Waals surface area contributed by atoms with Gasteiger partial charge in [-0.2, -0.15) is 0 Å². The van der Waals surface area contributed by atoms with Crippen LogP contribution in [0.3, 0.4) is 0 Å². The molecule has 1 fully saturated rings. The van der Waals surface area contributed by atoms with Crippen molar-refractivity contribution in [2.45, 2.75) is 12.0 Å². The van der Waals surface area contributed by atoms with E-state index >= 15 is 0 Å². The SMILES string of the molecule is C=C1COC(CBr)(c2ccc(Cl)cc2)C1. The maximum absolute atomic E-state index is 5.87. The Hall–Kier alpha value is -0.310. The molecule has 3 heteroatoms. The summed E-state index contributed by atoms with van der Waals surface area (Å²) in [5, 5.41) is 1.53. The van der Waals surface area contributed by atoms with Crippen molar-refractivity contribution in [2.24, 2.45) is 0 Å². The average molecular weight is 288 g/mol. The smallest absolute Gasteiger partial charge is 0.107 e. The van der Waals surface area contributed by atoms with Crippen LogP contribution in [0.15, 0.2) is 36.4 Å². The second-order valence-corrected chi connectivity index (χ2v) is 4.85. The maximum Gasteiger partial charge on any atom is 0.107 e. The lowest BCUT2D eigenvalue weighted by Crippen LogP contribution is -2.26. The molecule has 0 aliphatic carbocycles. The normalized spacial score (nSPS) is 25.9. The van der Waals surface area contributed by atoms with E-state index in [1.165, 1.54) is 0 Å². The van der Waals surface area contributed by atoms with Crippen LogP contribution in [0.1, 0.15) is 12.0 Å². The third kappa shape index (κ3) is 2.12. The van der Waals surface area contributed by atoms with E-state index < -0.39 is 0 Å². The molecule has 0 saturated carbocycles. The Kier molecular flexibility index (Phi) is 3.19. The van der Waals surface area contributed by atoms with Crippen molar-refractivity contribution in [3.8, 4) is 0 Å². The summed E-state index contributed by atoms with van der Waals surface area (Å²) in [6, 6.07) is 7.82. The van der Waals surface area contributed by atoms with Crippen molar-refractivity contribution in [2.75, 3.05) is 11.9 Å². The molecule has 1 saturated heterocycles. The van der Waals surface area contributed by atoms with Crippen molar-refractivity contribution >= 4 is 27.5 Å². The van der Waals surface area contributed by atoms with E-state index in [9.17, 15) is 0 Å². The van der Waals surface area contributed by atoms with Crippen molar-refractivity contribution < 1.29 is 4.74 Å². The fourth-order valence-electron chi connectivity index (χ4n) is 1.85. The van der Waals surface area contributed by atoms with Gasteiger partial charge in [0.25, 0.3) is 0 Å². The van der Waals surface area contributed by atoms with Crippen molar-refractivity contribution in [1.29, 1.82) is 0 Å². The van der Waals surface area contributed by atoms with Crippen LogP contribution in [0.4, 0.5) is 0 Å². The van der Waals surface area contributed by atoms with Gasteiger partial charge in [-0.3, -0.25) is 0 Å². The summed E-state index contributed by atoms with van der Waals surface area (Å²) < 4.78 is 5.84. The van der Waals surface area contributed by atoms with E-state index in [-0.39, 0.29) is 5.60 Å². The lowest BCUT2D eigenvalue weighted by atomic mass is 9.92. The van der Waals surface area contributed by atoms with E-state index in [0.717, 1.165) is 27.9 Å². The van der Waals surface area contributed by atoms with Crippen LogP contribution in [-0.2, 0) is 10.3 Å². The number of alkyl halides is 1. The van der Waals surface area contributed by atoms with Crippen molar-refractivity contribution in [3.63, 3.8) is 0 Å². The Morgan fingerprint density at radius 3 is 2.53 bits per heavy atom. The zero-order valence-electron chi connectivity index (χ0n) is 8.30. The van der Waals surface area contributed by atoms with Gasteiger partial charge in [0.1, 0.15) is 5.60 Å². The number of hydrogen-bond donors (Lipinski definition) is 0. The molecule has 0 bridgehead atoms. The number of halogens is 2. The minimum atomic E-state index is -0.248. The fraction of sp³-hybridized carbons (Fsp3) is 0.333. The van der Waals surface area contributed by atoms with Crippen LogP contribution < -0.4 is 0 Å². The highest BCUT2D eigenvalue weighted by molar-refractivity contribution is 9.09. The fourth-order valence-corrected chi connectivity index (χ4v) is 2.66. The summed E-state index contributed by atoms with van der Waals surface area (Å²) in [6.07, 6.45) is 0.875. The molecule has 1 nitrogen and oxygen atoms in total. The predicted octanol–water partition coefficient (Wildman–Crippen LogP) is 3.91. The van der Waals surface area contributed by atoms with Crippen molar-refractivity contribution in [1.82, 2.24) is 0 Å². The minimum absolute atomic E-state index is 0.248. The quantitative estimate of drug-likeness (QED) is 0.592. The first kappa shape index (κ1) is 11.2. The third-order valence-electron chi connectivity index (χ3n) is 2.67. The van der Waals surface area contributed by atoms with Gasteiger partial charge in [0.15, 0.2) is 0 Å². The first-order chi connectivity index (χ1) is 7.16. The molecule has 0 amide bonds. The van der Waals surface area contributed by atoms with Crippen LogP contribution in [-0.4, -0.2) is 11.9 Å². The van der Waals surface area contributed by atoms with E-state index in [2.05, 4.69) is 22.5 Å². The summed E-state index contributed by atoms with van der Waals surface area (Å²) in [4.78, 5) is 0. The summed E-state index contributed by atoms with van der Waals surface area (Å²) in [5.74, 6) is 0. The van der Waals surface area contributed by atoms with Gasteiger partial charge in [-0.1, -0.05) is 46.2 Å². The molecule has 1 aromatic carbocycles. The van der Waals surface area contributed by atoms with E-state index in [1.54, 1.807) is 0 Å². The lowest BCUT2D eigenvalue weighted by Gasteiger charge is -2.26. The Labute approximate surface area is 103 Å². The molecule has 0 aromatic heterocycles. The van der Waals surface area contributed by atoms with Crippen LogP contribution in [0, 0.1) is 0 Å². The molecule has 1 heterocycles. The van der Waals surface area contributed by atoms with Gasteiger partial charge in [0, 0.05) is 16.8 Å². The molecule has 2 rings (SSSR count). The van der Waals surface area contributed by atoms with Gasteiger partial charge in [-0.25, -0.2) is 0 Å². The maximum atomic E-state index is 5.87. The third-order valence-corrected chi connectivity index (χ3v) is 3.83. The summed E-state index contributed by atoms with van der Waals surface area (Å²) in [7, 11) is 0. The van der Waals surface area contributed by atoms with E-state index in [1.807, 2.05) is 24.3 Å². The second kappa shape index (κ2) is 4.28. The molecule has 80 valence electrons. The number of rotatable bonds is 2. The van der Waals surface area contributed by atoms with Gasteiger partial charge >= 0.3 is 0 Å². The molecular formula is C12H12BrClO. The number of ether oxygens (including phenoxy) is 1.